The molecule has 7 nitrogen and oxygen atoms in total. The summed E-state index contributed by atoms with van der Waals surface area (Å²) in [7, 11) is -4.02. The lowest BCUT2D eigenvalue weighted by atomic mass is 10.1. The van der Waals surface area contributed by atoms with Crippen molar-refractivity contribution >= 4 is 50.2 Å². The molecule has 0 saturated carbocycles. The van der Waals surface area contributed by atoms with Crippen molar-refractivity contribution in [1.82, 2.24) is 0 Å². The number of nitrogens with one attached hydrogen (secondary N) is 2. The smallest absolute Gasteiger partial charge is 0.274 e. The Morgan fingerprint density at radius 2 is 1.76 bits per heavy atom. The van der Waals surface area contributed by atoms with Crippen molar-refractivity contribution in [1.29, 1.82) is 0 Å². The van der Waals surface area contributed by atoms with Gasteiger partial charge in [0, 0.05) is 5.69 Å². The maximum atomic E-state index is 13.3. The van der Waals surface area contributed by atoms with Gasteiger partial charge < -0.3 is 10.6 Å². The highest BCUT2D eigenvalue weighted by molar-refractivity contribution is 7.94. The molecule has 3 aromatic rings. The van der Waals surface area contributed by atoms with Crippen molar-refractivity contribution in [2.75, 3.05) is 14.9 Å². The molecule has 9 heteroatoms. The Morgan fingerprint density at radius 3 is 2.48 bits per heavy atom. The molecule has 29 heavy (non-hydrogen) atoms. The Balaban J connectivity index is 1.71. The van der Waals surface area contributed by atoms with Crippen LogP contribution < -0.4 is 14.9 Å². The molecule has 2 amide bonds. The van der Waals surface area contributed by atoms with Gasteiger partial charge in [-0.05, 0) is 35.7 Å². The quantitative estimate of drug-likeness (QED) is 0.653. The van der Waals surface area contributed by atoms with Crippen LogP contribution in [0.15, 0.2) is 76.3 Å². The van der Waals surface area contributed by atoms with Gasteiger partial charge in [0.05, 0.1) is 17.8 Å². The van der Waals surface area contributed by atoms with Gasteiger partial charge >= 0.3 is 0 Å². The van der Waals surface area contributed by atoms with E-state index < -0.39 is 27.9 Å². The molecule has 0 bridgehead atoms. The number of amides is 2. The van der Waals surface area contributed by atoms with Crippen molar-refractivity contribution in [3.8, 4) is 0 Å². The Labute approximate surface area is 172 Å². The zero-order valence-electron chi connectivity index (χ0n) is 15.1. The van der Waals surface area contributed by atoms with E-state index in [1.165, 1.54) is 6.07 Å². The highest BCUT2D eigenvalue weighted by Gasteiger charge is 2.42. The zero-order chi connectivity index (χ0) is 20.4. The molecule has 1 atom stereocenters. The van der Waals surface area contributed by atoms with Crippen LogP contribution >= 0.6 is 11.3 Å². The fourth-order valence-electron chi connectivity index (χ4n) is 3.15. The standard InChI is InChI=1S/C20H17N3O4S2/c24-18(21-14-7-2-1-3-8-14)13-17-20(25)22-15-9-4-5-10-16(15)23(17)29(26,27)19-11-6-12-28-19/h1-12,17H,13H2,(H,21,24)(H,22,25). The summed E-state index contributed by atoms with van der Waals surface area (Å²) in [4.78, 5) is 25.4. The van der Waals surface area contributed by atoms with E-state index in [2.05, 4.69) is 10.6 Å². The maximum Gasteiger partial charge on any atom is 0.274 e. The lowest BCUT2D eigenvalue weighted by Crippen LogP contribution is -2.52. The minimum Gasteiger partial charge on any atom is -0.326 e. The number of hydrogen-bond donors (Lipinski definition) is 2. The summed E-state index contributed by atoms with van der Waals surface area (Å²) in [6.07, 6.45) is -0.320. The molecule has 4 rings (SSSR count). The van der Waals surface area contributed by atoms with Gasteiger partial charge in [-0.15, -0.1) is 11.3 Å². The van der Waals surface area contributed by atoms with Crippen LogP contribution in [0.25, 0.3) is 0 Å². The predicted molar refractivity (Wildman–Crippen MR) is 113 cm³/mol. The summed E-state index contributed by atoms with van der Waals surface area (Å²) >= 11 is 1.06. The first-order chi connectivity index (χ1) is 14.0. The fraction of sp³-hybridized carbons (Fsp3) is 0.100. The topological polar surface area (TPSA) is 95.6 Å². The van der Waals surface area contributed by atoms with E-state index in [0.29, 0.717) is 17.1 Å². The van der Waals surface area contributed by atoms with Crippen LogP contribution in [-0.2, 0) is 19.6 Å². The lowest BCUT2D eigenvalue weighted by Gasteiger charge is -2.36. The first kappa shape index (κ1) is 19.2. The molecule has 1 aliphatic rings. The van der Waals surface area contributed by atoms with E-state index in [4.69, 9.17) is 0 Å². The van der Waals surface area contributed by atoms with Crippen molar-refractivity contribution in [2.24, 2.45) is 0 Å². The van der Waals surface area contributed by atoms with Crippen LogP contribution in [-0.4, -0.2) is 26.3 Å². The SMILES string of the molecule is O=C(CC1C(=O)Nc2ccccc2N1S(=O)(=O)c1cccs1)Nc1ccccc1. The average molecular weight is 428 g/mol. The van der Waals surface area contributed by atoms with Gasteiger partial charge in [-0.25, -0.2) is 8.42 Å². The van der Waals surface area contributed by atoms with E-state index in [1.54, 1.807) is 60.0 Å². The molecule has 2 heterocycles. The molecule has 0 saturated heterocycles. The van der Waals surface area contributed by atoms with Crippen molar-refractivity contribution in [2.45, 2.75) is 16.7 Å². The first-order valence-corrected chi connectivity index (χ1v) is 11.1. The summed E-state index contributed by atoms with van der Waals surface area (Å²) < 4.78 is 27.8. The Hall–Kier alpha value is -3.17. The minimum absolute atomic E-state index is 0.107. The summed E-state index contributed by atoms with van der Waals surface area (Å²) in [6, 6.07) is 17.3. The second kappa shape index (κ2) is 7.69. The lowest BCUT2D eigenvalue weighted by molar-refractivity contribution is -0.122. The van der Waals surface area contributed by atoms with Crippen molar-refractivity contribution in [3.63, 3.8) is 0 Å². The molecular formula is C20H17N3O4S2. The summed E-state index contributed by atoms with van der Waals surface area (Å²) in [5.74, 6) is -1.01. The van der Waals surface area contributed by atoms with E-state index in [0.717, 1.165) is 15.6 Å². The van der Waals surface area contributed by atoms with Gasteiger partial charge in [0.2, 0.25) is 11.8 Å². The van der Waals surface area contributed by atoms with Gasteiger partial charge in [0.25, 0.3) is 10.0 Å². The number of fused-ring (bicyclic) bond motifs is 1. The second-order valence-electron chi connectivity index (χ2n) is 6.37. The first-order valence-electron chi connectivity index (χ1n) is 8.79. The molecule has 148 valence electrons. The number of anilines is 3. The van der Waals surface area contributed by atoms with Gasteiger partial charge in [-0.2, -0.15) is 0 Å². The monoisotopic (exact) mass is 427 g/mol. The third-order valence-electron chi connectivity index (χ3n) is 4.43. The Bertz CT molecular complexity index is 1150. The third-order valence-corrected chi connectivity index (χ3v) is 7.63. The number of carbonyl (C=O) groups is 2. The molecule has 1 aliphatic heterocycles. The minimum atomic E-state index is -4.02. The number of para-hydroxylation sites is 3. The Kier molecular flexibility index (Phi) is 5.08. The number of nitrogens with zero attached hydrogens (tertiary/aromatic N) is 1. The average Bonchev–Trinajstić information content (AvgIpc) is 3.25. The normalized spacial score (nSPS) is 16.1. The highest BCUT2D eigenvalue weighted by atomic mass is 32.2. The molecule has 1 unspecified atom stereocenters. The van der Waals surface area contributed by atoms with E-state index in [1.807, 2.05) is 6.07 Å². The summed E-state index contributed by atoms with van der Waals surface area (Å²) in [5.41, 5.74) is 1.29. The van der Waals surface area contributed by atoms with Crippen LogP contribution in [0.5, 0.6) is 0 Å². The number of thiophene rings is 1. The number of hydrogen-bond acceptors (Lipinski definition) is 5. The Morgan fingerprint density at radius 1 is 1.03 bits per heavy atom. The van der Waals surface area contributed by atoms with Gasteiger partial charge in [0.15, 0.2) is 0 Å². The number of rotatable bonds is 5. The highest BCUT2D eigenvalue weighted by Crippen LogP contribution is 2.38. The van der Waals surface area contributed by atoms with Crippen LogP contribution in [0.1, 0.15) is 6.42 Å². The van der Waals surface area contributed by atoms with Crippen LogP contribution in [0.4, 0.5) is 17.1 Å². The van der Waals surface area contributed by atoms with Crippen LogP contribution in [0.3, 0.4) is 0 Å². The molecule has 2 N–H and O–H groups in total. The maximum absolute atomic E-state index is 13.3. The van der Waals surface area contributed by atoms with Crippen LogP contribution in [0.2, 0.25) is 0 Å². The summed E-state index contributed by atoms with van der Waals surface area (Å²) in [6.45, 7) is 0. The van der Waals surface area contributed by atoms with E-state index in [9.17, 15) is 18.0 Å². The molecule has 1 aromatic heterocycles. The summed E-state index contributed by atoms with van der Waals surface area (Å²) in [5, 5.41) is 7.06. The second-order valence-corrected chi connectivity index (χ2v) is 9.36. The van der Waals surface area contributed by atoms with Gasteiger partial charge in [-0.3, -0.25) is 13.9 Å². The molecule has 0 radical (unpaired) electrons. The van der Waals surface area contributed by atoms with Crippen molar-refractivity contribution in [3.05, 3.63) is 72.1 Å². The molecular weight excluding hydrogens is 410 g/mol. The number of benzene rings is 2. The van der Waals surface area contributed by atoms with Crippen LogP contribution in [0, 0.1) is 0 Å². The molecule has 2 aromatic carbocycles. The van der Waals surface area contributed by atoms with E-state index in [-0.39, 0.29) is 10.6 Å². The largest absolute Gasteiger partial charge is 0.326 e. The zero-order valence-corrected chi connectivity index (χ0v) is 16.7. The predicted octanol–water partition coefficient (Wildman–Crippen LogP) is 3.29. The van der Waals surface area contributed by atoms with Gasteiger partial charge in [0.1, 0.15) is 10.3 Å². The molecule has 0 spiro atoms. The molecule has 0 fully saturated rings. The van der Waals surface area contributed by atoms with E-state index >= 15 is 0 Å². The number of carbonyl (C=O) groups excluding carboxylic acids is 2. The third kappa shape index (κ3) is 3.74. The van der Waals surface area contributed by atoms with Crippen molar-refractivity contribution < 1.29 is 18.0 Å². The fourth-order valence-corrected chi connectivity index (χ4v) is 5.86. The molecule has 0 aliphatic carbocycles. The van der Waals surface area contributed by atoms with Gasteiger partial charge in [-0.1, -0.05) is 36.4 Å². The number of sulfonamides is 1.